The number of aromatic nitrogens is 2. The van der Waals surface area contributed by atoms with E-state index in [1.54, 1.807) is 0 Å². The fourth-order valence-electron chi connectivity index (χ4n) is 2.30. The Morgan fingerprint density at radius 1 is 1.56 bits per heavy atom. The number of aryl methyl sites for hydroxylation is 1. The van der Waals surface area contributed by atoms with Crippen molar-refractivity contribution in [3.05, 3.63) is 10.6 Å². The lowest BCUT2D eigenvalue weighted by molar-refractivity contribution is 0.0950. The molecule has 1 aliphatic rings. The maximum absolute atomic E-state index is 12.0. The minimum Gasteiger partial charge on any atom is -0.351 e. The molecule has 1 fully saturated rings. The number of carbonyl (C=O) groups excluding carboxylic acids is 1. The normalized spacial score (nSPS) is 23.2. The van der Waals surface area contributed by atoms with Crippen LogP contribution in [-0.2, 0) is 6.42 Å². The number of nitrogens with zero attached hydrogens (tertiary/aromatic N) is 2. The summed E-state index contributed by atoms with van der Waals surface area (Å²) in [5.74, 6) is 0.598. The number of hydrogen-bond donors (Lipinski definition) is 1. The van der Waals surface area contributed by atoms with E-state index >= 15 is 0 Å². The van der Waals surface area contributed by atoms with Crippen LogP contribution in [0.1, 0.15) is 48.0 Å². The van der Waals surface area contributed by atoms with Gasteiger partial charge in [-0.1, -0.05) is 33.8 Å². The van der Waals surface area contributed by atoms with Gasteiger partial charge in [0.05, 0.1) is 5.69 Å². The molecule has 2 rings (SSSR count). The molecule has 1 amide bonds. The highest BCUT2D eigenvalue weighted by Crippen LogP contribution is 2.30. The molecular weight excluding hydrogens is 314 g/mol. The fraction of sp³-hybridized carbons (Fsp3) is 0.750. The Hall–Kier alpha value is -0.490. The highest BCUT2D eigenvalue weighted by Gasteiger charge is 2.23. The van der Waals surface area contributed by atoms with Gasteiger partial charge in [-0.3, -0.25) is 4.79 Å². The Morgan fingerprint density at radius 2 is 2.39 bits per heavy atom. The van der Waals surface area contributed by atoms with Gasteiger partial charge in [0.25, 0.3) is 5.91 Å². The quantitative estimate of drug-likeness (QED) is 0.844. The van der Waals surface area contributed by atoms with Gasteiger partial charge in [0.15, 0.2) is 0 Å². The molecule has 0 radical (unpaired) electrons. The third-order valence-electron chi connectivity index (χ3n) is 3.28. The van der Waals surface area contributed by atoms with Gasteiger partial charge in [-0.15, -0.1) is 5.10 Å². The van der Waals surface area contributed by atoms with Gasteiger partial charge in [0.1, 0.15) is 4.88 Å². The second-order valence-electron chi connectivity index (χ2n) is 4.79. The minimum atomic E-state index is -0.00790. The van der Waals surface area contributed by atoms with Crippen LogP contribution < -0.4 is 5.32 Å². The van der Waals surface area contributed by atoms with Crippen LogP contribution in [0.25, 0.3) is 0 Å². The first-order valence-corrected chi connectivity index (χ1v) is 8.13. The molecular formula is C12H18BrN3OS. The van der Waals surface area contributed by atoms with Crippen LogP contribution in [0.4, 0.5) is 0 Å². The second-order valence-corrected chi connectivity index (χ2v) is 6.83. The zero-order chi connectivity index (χ0) is 13.0. The van der Waals surface area contributed by atoms with Crippen molar-refractivity contribution in [3.8, 4) is 0 Å². The molecule has 0 aromatic carbocycles. The third-order valence-corrected chi connectivity index (χ3v) is 4.88. The summed E-state index contributed by atoms with van der Waals surface area (Å²) in [6, 6.07) is 0. The predicted molar refractivity (Wildman–Crippen MR) is 76.3 cm³/mol. The van der Waals surface area contributed by atoms with E-state index in [4.69, 9.17) is 0 Å². The van der Waals surface area contributed by atoms with Crippen LogP contribution in [0.3, 0.4) is 0 Å². The van der Waals surface area contributed by atoms with Gasteiger partial charge in [-0.2, -0.15) is 0 Å². The fourth-order valence-corrected chi connectivity index (χ4v) is 3.72. The monoisotopic (exact) mass is 331 g/mol. The Kier molecular flexibility index (Phi) is 5.12. The topological polar surface area (TPSA) is 54.9 Å². The minimum absolute atomic E-state index is 0.00790. The van der Waals surface area contributed by atoms with Gasteiger partial charge < -0.3 is 5.32 Å². The SMILES string of the molecule is CCCc1nnsc1C(=O)NCC1CCC(Br)C1. The van der Waals surface area contributed by atoms with E-state index in [0.717, 1.165) is 31.5 Å². The van der Waals surface area contributed by atoms with Crippen molar-refractivity contribution in [2.24, 2.45) is 5.92 Å². The molecule has 0 saturated heterocycles. The Morgan fingerprint density at radius 3 is 3.06 bits per heavy atom. The average molecular weight is 332 g/mol. The first-order chi connectivity index (χ1) is 8.70. The number of nitrogens with one attached hydrogen (secondary N) is 1. The Labute approximate surface area is 120 Å². The van der Waals surface area contributed by atoms with Crippen molar-refractivity contribution >= 4 is 33.4 Å². The van der Waals surface area contributed by atoms with Gasteiger partial charge >= 0.3 is 0 Å². The van der Waals surface area contributed by atoms with Gasteiger partial charge in [0.2, 0.25) is 0 Å². The largest absolute Gasteiger partial charge is 0.351 e. The van der Waals surface area contributed by atoms with E-state index in [0.29, 0.717) is 15.6 Å². The van der Waals surface area contributed by atoms with Crippen LogP contribution in [0.15, 0.2) is 0 Å². The van der Waals surface area contributed by atoms with Crippen molar-refractivity contribution in [1.82, 2.24) is 14.9 Å². The summed E-state index contributed by atoms with van der Waals surface area (Å²) >= 11 is 4.82. The molecule has 1 N–H and O–H groups in total. The number of halogens is 1. The molecule has 0 aliphatic heterocycles. The summed E-state index contributed by atoms with van der Waals surface area (Å²) in [6.45, 7) is 2.85. The number of alkyl halides is 1. The summed E-state index contributed by atoms with van der Waals surface area (Å²) in [5, 5.41) is 7.04. The summed E-state index contributed by atoms with van der Waals surface area (Å²) in [7, 11) is 0. The number of rotatable bonds is 5. The average Bonchev–Trinajstić information content (AvgIpc) is 2.96. The van der Waals surface area contributed by atoms with E-state index in [-0.39, 0.29) is 5.91 Å². The lowest BCUT2D eigenvalue weighted by Crippen LogP contribution is -2.28. The number of hydrogen-bond acceptors (Lipinski definition) is 4. The second kappa shape index (κ2) is 6.61. The van der Waals surface area contributed by atoms with Crippen LogP contribution in [0, 0.1) is 5.92 Å². The summed E-state index contributed by atoms with van der Waals surface area (Å²) in [4.78, 5) is 13.4. The smallest absolute Gasteiger partial charge is 0.264 e. The van der Waals surface area contributed by atoms with Gasteiger partial charge in [-0.05, 0) is 43.1 Å². The number of amides is 1. The third kappa shape index (κ3) is 3.51. The molecule has 100 valence electrons. The first-order valence-electron chi connectivity index (χ1n) is 6.44. The van der Waals surface area contributed by atoms with E-state index < -0.39 is 0 Å². The van der Waals surface area contributed by atoms with Crippen LogP contribution >= 0.6 is 27.5 Å². The number of carbonyl (C=O) groups is 1. The van der Waals surface area contributed by atoms with Crippen LogP contribution in [0.2, 0.25) is 0 Å². The molecule has 1 aromatic rings. The van der Waals surface area contributed by atoms with Crippen molar-refractivity contribution in [2.45, 2.75) is 43.9 Å². The molecule has 4 nitrogen and oxygen atoms in total. The van der Waals surface area contributed by atoms with Crippen molar-refractivity contribution < 1.29 is 4.79 Å². The zero-order valence-electron chi connectivity index (χ0n) is 10.5. The Bertz CT molecular complexity index is 410. The van der Waals surface area contributed by atoms with Crippen molar-refractivity contribution in [3.63, 3.8) is 0 Å². The molecule has 0 spiro atoms. The molecule has 1 aliphatic carbocycles. The maximum Gasteiger partial charge on any atom is 0.264 e. The molecule has 18 heavy (non-hydrogen) atoms. The molecule has 2 atom stereocenters. The van der Waals surface area contributed by atoms with E-state index in [2.05, 4.69) is 37.8 Å². The highest BCUT2D eigenvalue weighted by atomic mass is 79.9. The summed E-state index contributed by atoms with van der Waals surface area (Å²) in [6.07, 6.45) is 5.37. The Balaban J connectivity index is 1.85. The van der Waals surface area contributed by atoms with Gasteiger partial charge in [0, 0.05) is 11.4 Å². The lowest BCUT2D eigenvalue weighted by atomic mass is 10.1. The molecule has 6 heteroatoms. The first kappa shape index (κ1) is 13.9. The summed E-state index contributed by atoms with van der Waals surface area (Å²) < 4.78 is 3.88. The van der Waals surface area contributed by atoms with E-state index in [1.807, 2.05) is 0 Å². The van der Waals surface area contributed by atoms with Crippen LogP contribution in [0.5, 0.6) is 0 Å². The standard InChI is InChI=1S/C12H18BrN3OS/c1-2-3-10-11(18-16-15-10)12(17)14-7-8-4-5-9(13)6-8/h8-9H,2-7H2,1H3,(H,14,17). The maximum atomic E-state index is 12.0. The molecule has 2 unspecified atom stereocenters. The summed E-state index contributed by atoms with van der Waals surface area (Å²) in [5.41, 5.74) is 0.838. The van der Waals surface area contributed by atoms with Crippen molar-refractivity contribution in [2.75, 3.05) is 6.54 Å². The molecule has 1 saturated carbocycles. The predicted octanol–water partition coefficient (Wildman–Crippen LogP) is 2.78. The zero-order valence-corrected chi connectivity index (χ0v) is 12.9. The molecule has 1 heterocycles. The lowest BCUT2D eigenvalue weighted by Gasteiger charge is -2.10. The highest BCUT2D eigenvalue weighted by molar-refractivity contribution is 9.09. The van der Waals surface area contributed by atoms with Crippen molar-refractivity contribution in [1.29, 1.82) is 0 Å². The van der Waals surface area contributed by atoms with E-state index in [9.17, 15) is 4.79 Å². The molecule has 1 aromatic heterocycles. The van der Waals surface area contributed by atoms with Gasteiger partial charge in [-0.25, -0.2) is 0 Å². The van der Waals surface area contributed by atoms with E-state index in [1.165, 1.54) is 24.4 Å². The molecule has 0 bridgehead atoms. The van der Waals surface area contributed by atoms with Crippen LogP contribution in [-0.4, -0.2) is 26.9 Å².